The van der Waals surface area contributed by atoms with E-state index in [4.69, 9.17) is 16.0 Å². The number of non-ortho nitro benzene ring substituents is 1. The molecule has 16 heavy (non-hydrogen) atoms. The van der Waals surface area contributed by atoms with E-state index in [0.29, 0.717) is 11.5 Å². The van der Waals surface area contributed by atoms with E-state index in [-0.39, 0.29) is 16.6 Å². The highest BCUT2D eigenvalue weighted by Crippen LogP contribution is 2.29. The van der Waals surface area contributed by atoms with E-state index in [0.717, 1.165) is 0 Å². The van der Waals surface area contributed by atoms with Crippen LogP contribution in [0.3, 0.4) is 0 Å². The van der Waals surface area contributed by atoms with Gasteiger partial charge in [-0.3, -0.25) is 10.1 Å². The van der Waals surface area contributed by atoms with Gasteiger partial charge in [0.25, 0.3) is 5.69 Å². The smallest absolute Gasteiger partial charge is 0.270 e. The van der Waals surface area contributed by atoms with Crippen LogP contribution in [0.1, 0.15) is 5.89 Å². The van der Waals surface area contributed by atoms with Crippen LogP contribution in [0.25, 0.3) is 11.5 Å². The van der Waals surface area contributed by atoms with Crippen LogP contribution in [0, 0.1) is 17.0 Å². The van der Waals surface area contributed by atoms with Crippen molar-refractivity contribution in [3.05, 3.63) is 39.2 Å². The van der Waals surface area contributed by atoms with Crippen molar-refractivity contribution in [2.45, 2.75) is 6.92 Å². The van der Waals surface area contributed by atoms with Gasteiger partial charge >= 0.3 is 0 Å². The second-order valence-corrected chi connectivity index (χ2v) is 3.45. The van der Waals surface area contributed by atoms with Crippen LogP contribution in [-0.2, 0) is 0 Å². The fourth-order valence-corrected chi connectivity index (χ4v) is 1.45. The Kier molecular flexibility index (Phi) is 2.57. The number of halogens is 1. The summed E-state index contributed by atoms with van der Waals surface area (Å²) < 4.78 is 5.17. The van der Waals surface area contributed by atoms with Crippen LogP contribution in [0.2, 0.25) is 5.02 Å². The van der Waals surface area contributed by atoms with Crippen molar-refractivity contribution in [1.29, 1.82) is 0 Å². The number of nitrogens with zero attached hydrogens (tertiary/aromatic N) is 3. The maximum Gasteiger partial charge on any atom is 0.270 e. The number of hydrogen-bond donors (Lipinski definition) is 0. The Hall–Kier alpha value is -1.95. The van der Waals surface area contributed by atoms with Crippen molar-refractivity contribution < 1.29 is 9.34 Å². The number of aryl methyl sites for hydroxylation is 1. The molecule has 82 valence electrons. The van der Waals surface area contributed by atoms with E-state index in [1.807, 2.05) is 0 Å². The quantitative estimate of drug-likeness (QED) is 0.594. The molecule has 1 heterocycles. The molecule has 0 saturated heterocycles. The number of aromatic nitrogens is 2. The summed E-state index contributed by atoms with van der Waals surface area (Å²) in [6.07, 6.45) is 0. The molecule has 0 fully saturated rings. The van der Waals surface area contributed by atoms with Gasteiger partial charge in [0.2, 0.25) is 11.8 Å². The Bertz CT molecular complexity index is 553. The topological polar surface area (TPSA) is 82.1 Å². The lowest BCUT2D eigenvalue weighted by atomic mass is 10.2. The second kappa shape index (κ2) is 3.90. The Morgan fingerprint density at radius 3 is 2.69 bits per heavy atom. The fourth-order valence-electron chi connectivity index (χ4n) is 1.20. The van der Waals surface area contributed by atoms with Gasteiger partial charge in [0.15, 0.2) is 0 Å². The van der Waals surface area contributed by atoms with E-state index in [9.17, 15) is 10.1 Å². The lowest BCUT2D eigenvalue weighted by Crippen LogP contribution is -1.88. The van der Waals surface area contributed by atoms with Gasteiger partial charge in [-0.05, 0) is 6.07 Å². The summed E-state index contributed by atoms with van der Waals surface area (Å²) >= 11 is 5.89. The first-order chi connectivity index (χ1) is 7.58. The van der Waals surface area contributed by atoms with Crippen LogP contribution in [0.15, 0.2) is 22.6 Å². The molecule has 0 atom stereocenters. The third-order valence-corrected chi connectivity index (χ3v) is 2.23. The van der Waals surface area contributed by atoms with Gasteiger partial charge in [-0.2, -0.15) is 0 Å². The first-order valence-electron chi connectivity index (χ1n) is 4.32. The average molecular weight is 240 g/mol. The van der Waals surface area contributed by atoms with Gasteiger partial charge < -0.3 is 4.42 Å². The minimum atomic E-state index is -0.519. The van der Waals surface area contributed by atoms with Crippen LogP contribution < -0.4 is 0 Å². The van der Waals surface area contributed by atoms with Crippen molar-refractivity contribution in [2.24, 2.45) is 0 Å². The van der Waals surface area contributed by atoms with E-state index in [1.165, 1.54) is 18.2 Å². The average Bonchev–Trinajstić information content (AvgIpc) is 2.64. The summed E-state index contributed by atoms with van der Waals surface area (Å²) in [6, 6.07) is 4.06. The number of rotatable bonds is 2. The molecular weight excluding hydrogens is 234 g/mol. The number of nitro groups is 1. The number of hydrogen-bond acceptors (Lipinski definition) is 5. The molecule has 0 unspecified atom stereocenters. The molecule has 0 aliphatic rings. The van der Waals surface area contributed by atoms with Gasteiger partial charge in [-0.25, -0.2) is 0 Å². The zero-order valence-corrected chi connectivity index (χ0v) is 8.93. The van der Waals surface area contributed by atoms with Crippen LogP contribution >= 0.6 is 11.6 Å². The Morgan fingerprint density at radius 2 is 2.19 bits per heavy atom. The molecule has 0 aliphatic carbocycles. The van der Waals surface area contributed by atoms with Gasteiger partial charge in [-0.15, -0.1) is 10.2 Å². The fraction of sp³-hybridized carbons (Fsp3) is 0.111. The molecule has 0 amide bonds. The Balaban J connectivity index is 2.47. The molecule has 2 rings (SSSR count). The largest absolute Gasteiger partial charge is 0.421 e. The lowest BCUT2D eigenvalue weighted by Gasteiger charge is -1.98. The molecule has 1 aromatic heterocycles. The third kappa shape index (κ3) is 1.87. The molecule has 0 aliphatic heterocycles. The highest BCUT2D eigenvalue weighted by atomic mass is 35.5. The van der Waals surface area contributed by atoms with Gasteiger partial charge in [0, 0.05) is 19.1 Å². The third-order valence-electron chi connectivity index (χ3n) is 1.92. The lowest BCUT2D eigenvalue weighted by molar-refractivity contribution is -0.384. The minimum absolute atomic E-state index is 0.0787. The molecule has 6 nitrogen and oxygen atoms in total. The van der Waals surface area contributed by atoms with Crippen molar-refractivity contribution in [3.63, 3.8) is 0 Å². The van der Waals surface area contributed by atoms with Crippen molar-refractivity contribution in [1.82, 2.24) is 10.2 Å². The summed E-state index contributed by atoms with van der Waals surface area (Å²) in [5.41, 5.74) is 0.401. The molecule has 0 bridgehead atoms. The molecular formula is C9H6ClN3O3. The van der Waals surface area contributed by atoms with Gasteiger partial charge in [0.05, 0.1) is 15.5 Å². The zero-order chi connectivity index (χ0) is 11.7. The van der Waals surface area contributed by atoms with Crippen molar-refractivity contribution in [2.75, 3.05) is 0 Å². The van der Waals surface area contributed by atoms with Crippen LogP contribution in [0.4, 0.5) is 5.69 Å². The van der Waals surface area contributed by atoms with Crippen LogP contribution in [-0.4, -0.2) is 15.1 Å². The normalized spacial score (nSPS) is 10.4. The summed E-state index contributed by atoms with van der Waals surface area (Å²) in [7, 11) is 0. The second-order valence-electron chi connectivity index (χ2n) is 3.05. The standard InChI is InChI=1S/C9H6ClN3O3/c1-5-11-12-9(16-5)7-3-2-6(13(14)15)4-8(7)10/h2-4H,1H3. The monoisotopic (exact) mass is 239 g/mol. The first kappa shape index (κ1) is 10.6. The van der Waals surface area contributed by atoms with Gasteiger partial charge in [-0.1, -0.05) is 11.6 Å². The molecule has 0 N–H and O–H groups in total. The van der Waals surface area contributed by atoms with E-state index < -0.39 is 4.92 Å². The van der Waals surface area contributed by atoms with E-state index >= 15 is 0 Å². The Labute approximate surface area is 95.0 Å². The molecule has 0 radical (unpaired) electrons. The highest BCUT2D eigenvalue weighted by molar-refractivity contribution is 6.33. The summed E-state index contributed by atoms with van der Waals surface area (Å²) in [5.74, 6) is 0.654. The molecule has 7 heteroatoms. The maximum atomic E-state index is 10.5. The molecule has 0 spiro atoms. The van der Waals surface area contributed by atoms with Crippen LogP contribution in [0.5, 0.6) is 0 Å². The summed E-state index contributed by atoms with van der Waals surface area (Å²) in [5, 5.41) is 18.1. The Morgan fingerprint density at radius 1 is 1.44 bits per heavy atom. The van der Waals surface area contributed by atoms with E-state index in [1.54, 1.807) is 6.92 Å². The summed E-state index contributed by atoms with van der Waals surface area (Å²) in [4.78, 5) is 9.98. The predicted molar refractivity (Wildman–Crippen MR) is 56.1 cm³/mol. The number of nitro benzene ring substituents is 1. The first-order valence-corrected chi connectivity index (χ1v) is 4.70. The molecule has 1 aromatic carbocycles. The molecule has 0 saturated carbocycles. The predicted octanol–water partition coefficient (Wildman–Crippen LogP) is 2.61. The molecule has 2 aromatic rings. The summed E-state index contributed by atoms with van der Waals surface area (Å²) in [6.45, 7) is 1.65. The van der Waals surface area contributed by atoms with Crippen molar-refractivity contribution >= 4 is 17.3 Å². The zero-order valence-electron chi connectivity index (χ0n) is 8.18. The van der Waals surface area contributed by atoms with Gasteiger partial charge in [0.1, 0.15) is 0 Å². The van der Waals surface area contributed by atoms with E-state index in [2.05, 4.69) is 10.2 Å². The maximum absolute atomic E-state index is 10.5. The SMILES string of the molecule is Cc1nnc(-c2ccc([N+](=O)[O-])cc2Cl)o1. The number of benzene rings is 1. The van der Waals surface area contributed by atoms with Crippen molar-refractivity contribution in [3.8, 4) is 11.5 Å². The minimum Gasteiger partial charge on any atom is -0.421 e. The highest BCUT2D eigenvalue weighted by Gasteiger charge is 2.14.